The van der Waals surface area contributed by atoms with Gasteiger partial charge < -0.3 is 9.32 Å². The Hall–Kier alpha value is -8.72. The number of hydrogen-bond donors (Lipinski definition) is 0. The maximum atomic E-state index is 6.92. The van der Waals surface area contributed by atoms with Crippen LogP contribution in [0.25, 0.3) is 110 Å². The quantitative estimate of drug-likeness (QED) is 0.149. The van der Waals surface area contributed by atoms with E-state index >= 15 is 0 Å². The number of fused-ring (bicyclic) bond motifs is 10. The second kappa shape index (κ2) is 15.5. The summed E-state index contributed by atoms with van der Waals surface area (Å²) in [6.07, 6.45) is 0. The van der Waals surface area contributed by atoms with Gasteiger partial charge in [0.1, 0.15) is 11.2 Å². The van der Waals surface area contributed by atoms with Crippen molar-refractivity contribution in [3.05, 3.63) is 249 Å². The molecule has 66 heavy (non-hydrogen) atoms. The van der Waals surface area contributed by atoms with Crippen molar-refractivity contribution in [1.29, 1.82) is 0 Å². The molecule has 13 rings (SSSR count). The van der Waals surface area contributed by atoms with Crippen molar-refractivity contribution in [1.82, 2.24) is 0 Å². The van der Waals surface area contributed by atoms with E-state index < -0.39 is 0 Å². The van der Waals surface area contributed by atoms with E-state index in [1.807, 2.05) is 0 Å². The maximum absolute atomic E-state index is 6.92. The lowest BCUT2D eigenvalue weighted by atomic mass is 9.92. The van der Waals surface area contributed by atoms with Crippen LogP contribution in [0.2, 0.25) is 0 Å². The van der Waals surface area contributed by atoms with Gasteiger partial charge in [-0.15, -0.1) is 0 Å². The Labute approximate surface area is 382 Å². The third-order valence-electron chi connectivity index (χ3n) is 13.5. The van der Waals surface area contributed by atoms with Gasteiger partial charge >= 0.3 is 0 Å². The van der Waals surface area contributed by atoms with Crippen LogP contribution >= 0.6 is 0 Å². The van der Waals surface area contributed by atoms with Crippen LogP contribution in [0.1, 0.15) is 0 Å². The van der Waals surface area contributed by atoms with E-state index in [2.05, 4.69) is 254 Å². The van der Waals surface area contributed by atoms with Crippen LogP contribution < -0.4 is 4.90 Å². The highest BCUT2D eigenvalue weighted by Crippen LogP contribution is 2.48. The van der Waals surface area contributed by atoms with Crippen LogP contribution in [-0.4, -0.2) is 0 Å². The average Bonchev–Trinajstić information content (AvgIpc) is 3.79. The van der Waals surface area contributed by atoms with Gasteiger partial charge in [0.25, 0.3) is 0 Å². The number of anilines is 3. The van der Waals surface area contributed by atoms with Crippen LogP contribution in [0.4, 0.5) is 17.1 Å². The molecule has 0 radical (unpaired) electrons. The molecule has 0 atom stereocenters. The smallest absolute Gasteiger partial charge is 0.145 e. The van der Waals surface area contributed by atoms with E-state index in [1.165, 1.54) is 65.3 Å². The Morgan fingerprint density at radius 2 is 0.742 bits per heavy atom. The molecular weight excluding hydrogens is 799 g/mol. The zero-order valence-corrected chi connectivity index (χ0v) is 36.0. The van der Waals surface area contributed by atoms with Crippen molar-refractivity contribution < 1.29 is 4.42 Å². The Bertz CT molecular complexity index is 3940. The fourth-order valence-corrected chi connectivity index (χ4v) is 10.3. The van der Waals surface area contributed by atoms with E-state index in [0.29, 0.717) is 0 Å². The van der Waals surface area contributed by atoms with Crippen LogP contribution in [0, 0.1) is 0 Å². The highest BCUT2D eigenvalue weighted by atomic mass is 16.3. The molecule has 308 valence electrons. The number of furan rings is 1. The molecule has 0 amide bonds. The van der Waals surface area contributed by atoms with Crippen molar-refractivity contribution in [3.63, 3.8) is 0 Å². The standard InChI is InChI=1S/C64H41NO/c1-2-14-42(15-3-1)46-18-12-19-47(40-46)43-28-33-49(34-29-43)65(61-39-38-58(52-26-13-17-45-16-4-5-20-51(45)52)64-63(61)59-25-10-11-27-62(59)66-64)50-35-30-44(31-36-50)48-32-37-57-55-23-7-6-21-53(55)54-22-8-9-24-56(54)60(57)41-48/h1-41H. The van der Waals surface area contributed by atoms with Gasteiger partial charge in [0.2, 0.25) is 0 Å². The second-order valence-electron chi connectivity index (χ2n) is 17.2. The van der Waals surface area contributed by atoms with Gasteiger partial charge in [-0.25, -0.2) is 0 Å². The summed E-state index contributed by atoms with van der Waals surface area (Å²) in [6, 6.07) is 90.1. The molecular formula is C64H41NO. The highest BCUT2D eigenvalue weighted by molar-refractivity contribution is 6.26. The topological polar surface area (TPSA) is 16.4 Å². The average molecular weight is 840 g/mol. The zero-order chi connectivity index (χ0) is 43.6. The SMILES string of the molecule is c1ccc(-c2cccc(-c3ccc(N(c4ccc(-c5ccc6c7ccccc7c7ccccc7c6c5)cc4)c4ccc(-c5cccc6ccccc56)c5oc6ccccc6c45)cc3)c2)cc1. The summed E-state index contributed by atoms with van der Waals surface area (Å²) in [6.45, 7) is 0. The van der Waals surface area contributed by atoms with Crippen LogP contribution in [0.5, 0.6) is 0 Å². The highest BCUT2D eigenvalue weighted by Gasteiger charge is 2.23. The molecule has 0 unspecified atom stereocenters. The Morgan fingerprint density at radius 1 is 0.273 bits per heavy atom. The molecule has 0 saturated heterocycles. The maximum Gasteiger partial charge on any atom is 0.145 e. The molecule has 13 aromatic rings. The summed E-state index contributed by atoms with van der Waals surface area (Å²) in [5.74, 6) is 0. The van der Waals surface area contributed by atoms with E-state index in [-0.39, 0.29) is 0 Å². The molecule has 1 aromatic heterocycles. The summed E-state index contributed by atoms with van der Waals surface area (Å²) >= 11 is 0. The first-order chi connectivity index (χ1) is 32.7. The lowest BCUT2D eigenvalue weighted by Crippen LogP contribution is -2.10. The third-order valence-corrected chi connectivity index (χ3v) is 13.5. The molecule has 0 aliphatic rings. The summed E-state index contributed by atoms with van der Waals surface area (Å²) in [7, 11) is 0. The molecule has 0 saturated carbocycles. The summed E-state index contributed by atoms with van der Waals surface area (Å²) in [4.78, 5) is 2.39. The predicted molar refractivity (Wildman–Crippen MR) is 280 cm³/mol. The van der Waals surface area contributed by atoms with Crippen molar-refractivity contribution >= 4 is 82.1 Å². The number of benzene rings is 12. The molecule has 0 aliphatic carbocycles. The largest absolute Gasteiger partial charge is 0.455 e. The Kier molecular flexibility index (Phi) is 8.89. The lowest BCUT2D eigenvalue weighted by molar-refractivity contribution is 0.670. The number of para-hydroxylation sites is 1. The van der Waals surface area contributed by atoms with E-state index in [0.717, 1.165) is 61.3 Å². The first-order valence-corrected chi connectivity index (χ1v) is 22.7. The normalized spacial score (nSPS) is 11.6. The van der Waals surface area contributed by atoms with Gasteiger partial charge in [0.15, 0.2) is 0 Å². The minimum atomic E-state index is 0.863. The summed E-state index contributed by atoms with van der Waals surface area (Å²) in [5.41, 5.74) is 14.2. The molecule has 0 fully saturated rings. The number of hydrogen-bond acceptors (Lipinski definition) is 2. The lowest BCUT2D eigenvalue weighted by Gasteiger charge is -2.27. The summed E-state index contributed by atoms with van der Waals surface area (Å²) < 4.78 is 6.92. The zero-order valence-electron chi connectivity index (χ0n) is 36.0. The van der Waals surface area contributed by atoms with Crippen LogP contribution in [0.3, 0.4) is 0 Å². The summed E-state index contributed by atoms with van der Waals surface area (Å²) in [5, 5.41) is 12.2. The molecule has 0 aliphatic heterocycles. The van der Waals surface area contributed by atoms with Gasteiger partial charge in [-0.1, -0.05) is 194 Å². The van der Waals surface area contributed by atoms with Gasteiger partial charge in [0.05, 0.1) is 11.1 Å². The number of nitrogens with zero attached hydrogens (tertiary/aromatic N) is 1. The molecule has 2 heteroatoms. The molecule has 0 bridgehead atoms. The minimum Gasteiger partial charge on any atom is -0.455 e. The third kappa shape index (κ3) is 6.26. The van der Waals surface area contributed by atoms with Crippen molar-refractivity contribution in [2.24, 2.45) is 0 Å². The minimum absolute atomic E-state index is 0.863. The molecule has 12 aromatic carbocycles. The molecule has 0 N–H and O–H groups in total. The van der Waals surface area contributed by atoms with Crippen LogP contribution in [0.15, 0.2) is 253 Å². The van der Waals surface area contributed by atoms with E-state index in [1.54, 1.807) is 0 Å². The fourth-order valence-electron chi connectivity index (χ4n) is 10.3. The molecule has 0 spiro atoms. The number of rotatable bonds is 7. The molecule has 2 nitrogen and oxygen atoms in total. The van der Waals surface area contributed by atoms with E-state index in [9.17, 15) is 0 Å². The van der Waals surface area contributed by atoms with Gasteiger partial charge in [-0.3, -0.25) is 0 Å². The monoisotopic (exact) mass is 839 g/mol. The van der Waals surface area contributed by atoms with Crippen molar-refractivity contribution in [3.8, 4) is 44.5 Å². The van der Waals surface area contributed by atoms with Crippen LogP contribution in [-0.2, 0) is 0 Å². The Balaban J connectivity index is 0.977. The Morgan fingerprint density at radius 3 is 1.41 bits per heavy atom. The van der Waals surface area contributed by atoms with Crippen molar-refractivity contribution in [2.45, 2.75) is 0 Å². The van der Waals surface area contributed by atoms with E-state index in [4.69, 9.17) is 4.42 Å². The molecule has 1 heterocycles. The van der Waals surface area contributed by atoms with Gasteiger partial charge in [-0.2, -0.15) is 0 Å². The fraction of sp³-hybridized carbons (Fsp3) is 0. The first-order valence-electron chi connectivity index (χ1n) is 22.7. The van der Waals surface area contributed by atoms with Gasteiger partial charge in [0, 0.05) is 22.3 Å². The van der Waals surface area contributed by atoms with Gasteiger partial charge in [-0.05, 0) is 137 Å². The second-order valence-corrected chi connectivity index (χ2v) is 17.2. The first kappa shape index (κ1) is 37.8. The predicted octanol–water partition coefficient (Wildman–Crippen LogP) is 18.3. The van der Waals surface area contributed by atoms with Crippen molar-refractivity contribution in [2.75, 3.05) is 4.90 Å².